The molecule has 7 nitrogen and oxygen atoms in total. The van der Waals surface area contributed by atoms with E-state index in [9.17, 15) is 4.79 Å². The van der Waals surface area contributed by atoms with Gasteiger partial charge >= 0.3 is 0 Å². The molecule has 0 radical (unpaired) electrons. The minimum atomic E-state index is -0.0629. The van der Waals surface area contributed by atoms with E-state index in [-0.39, 0.29) is 11.9 Å². The van der Waals surface area contributed by atoms with E-state index >= 15 is 0 Å². The molecule has 168 valence electrons. The molecule has 1 saturated heterocycles. The fraction of sp³-hybridized carbons (Fsp3) is 0.360. The van der Waals surface area contributed by atoms with Crippen molar-refractivity contribution in [2.24, 2.45) is 0 Å². The number of anilines is 1. The van der Waals surface area contributed by atoms with Crippen LogP contribution >= 0.6 is 0 Å². The van der Waals surface area contributed by atoms with Crippen LogP contribution in [-0.4, -0.2) is 47.9 Å². The van der Waals surface area contributed by atoms with Gasteiger partial charge in [0.15, 0.2) is 0 Å². The molecule has 1 aliphatic heterocycles. The Morgan fingerprint density at radius 3 is 2.59 bits per heavy atom. The molecule has 0 saturated carbocycles. The summed E-state index contributed by atoms with van der Waals surface area (Å²) in [6.07, 6.45) is 2.00. The fourth-order valence-electron chi connectivity index (χ4n) is 4.31. The predicted octanol–water partition coefficient (Wildman–Crippen LogP) is 4.28. The number of hydrogen-bond acceptors (Lipinski definition) is 5. The number of rotatable bonds is 7. The largest absolute Gasteiger partial charge is 0.497 e. The summed E-state index contributed by atoms with van der Waals surface area (Å²) in [4.78, 5) is 15.2. The van der Waals surface area contributed by atoms with Gasteiger partial charge in [-0.25, -0.2) is 4.68 Å². The van der Waals surface area contributed by atoms with Gasteiger partial charge in [-0.05, 0) is 63.6 Å². The highest BCUT2D eigenvalue weighted by atomic mass is 16.5. The lowest BCUT2D eigenvalue weighted by Gasteiger charge is -2.26. The molecule has 1 aliphatic rings. The van der Waals surface area contributed by atoms with Crippen molar-refractivity contribution in [3.63, 3.8) is 0 Å². The van der Waals surface area contributed by atoms with E-state index in [1.54, 1.807) is 18.9 Å². The summed E-state index contributed by atoms with van der Waals surface area (Å²) < 4.78 is 12.8. The van der Waals surface area contributed by atoms with Gasteiger partial charge in [0, 0.05) is 17.7 Å². The molecule has 0 aliphatic carbocycles. The number of aryl methyl sites for hydroxylation is 2. The van der Waals surface area contributed by atoms with Crippen LogP contribution in [0.4, 0.5) is 5.82 Å². The minimum absolute atomic E-state index is 0.0629. The lowest BCUT2D eigenvalue weighted by Crippen LogP contribution is -2.33. The van der Waals surface area contributed by atoms with Crippen LogP contribution in [0.5, 0.6) is 11.5 Å². The van der Waals surface area contributed by atoms with Crippen molar-refractivity contribution in [3.05, 3.63) is 65.4 Å². The van der Waals surface area contributed by atoms with E-state index in [1.165, 1.54) is 5.56 Å². The smallest absolute Gasteiger partial charge is 0.239 e. The Kier molecular flexibility index (Phi) is 6.46. The number of likely N-dealkylation sites (tertiary alicyclic amines) is 1. The fourth-order valence-corrected chi connectivity index (χ4v) is 4.31. The Morgan fingerprint density at radius 2 is 1.88 bits per heavy atom. The number of nitrogens with zero attached hydrogens (tertiary/aromatic N) is 3. The SMILES string of the molecule is COc1ccc(OC)c([C@H]2CCCN2CC(=O)Nc2cc(C)nn2-c2ccc(C)cc2)c1. The standard InChI is InChI=1S/C25H30N4O3/c1-17-7-9-19(10-8-17)29-24(14-18(2)27-29)26-25(30)16-28-13-5-6-22(28)21-15-20(31-3)11-12-23(21)32-4/h7-12,14-15,22H,5-6,13,16H2,1-4H3,(H,26,30)/t22-/m1/s1. The van der Waals surface area contributed by atoms with E-state index in [4.69, 9.17) is 9.47 Å². The maximum absolute atomic E-state index is 13.0. The van der Waals surface area contributed by atoms with Crippen molar-refractivity contribution in [2.75, 3.05) is 32.6 Å². The molecular weight excluding hydrogens is 404 g/mol. The lowest BCUT2D eigenvalue weighted by atomic mass is 10.0. The number of benzene rings is 2. The Bertz CT molecular complexity index is 1090. The second-order valence-corrected chi connectivity index (χ2v) is 8.20. The molecule has 1 aromatic heterocycles. The van der Waals surface area contributed by atoms with E-state index < -0.39 is 0 Å². The summed E-state index contributed by atoms with van der Waals surface area (Å²) in [5, 5.41) is 7.62. The molecule has 1 fully saturated rings. The average Bonchev–Trinajstić information content (AvgIpc) is 3.39. The molecule has 4 rings (SSSR count). The van der Waals surface area contributed by atoms with Crippen LogP contribution in [0.1, 0.15) is 35.7 Å². The minimum Gasteiger partial charge on any atom is -0.497 e. The maximum atomic E-state index is 13.0. The van der Waals surface area contributed by atoms with Gasteiger partial charge in [-0.3, -0.25) is 9.69 Å². The van der Waals surface area contributed by atoms with Crippen molar-refractivity contribution in [2.45, 2.75) is 32.7 Å². The van der Waals surface area contributed by atoms with E-state index in [1.807, 2.05) is 62.4 Å². The first kappa shape index (κ1) is 21.9. The molecule has 32 heavy (non-hydrogen) atoms. The Balaban J connectivity index is 1.51. The Labute approximate surface area is 188 Å². The average molecular weight is 435 g/mol. The third-order valence-corrected chi connectivity index (χ3v) is 5.88. The highest BCUT2D eigenvalue weighted by Crippen LogP contribution is 2.38. The number of methoxy groups -OCH3 is 2. The summed E-state index contributed by atoms with van der Waals surface area (Å²) in [5.74, 6) is 2.21. The van der Waals surface area contributed by atoms with Crippen LogP contribution in [0.15, 0.2) is 48.5 Å². The van der Waals surface area contributed by atoms with Gasteiger partial charge in [0.2, 0.25) is 5.91 Å². The third-order valence-electron chi connectivity index (χ3n) is 5.88. The molecule has 1 N–H and O–H groups in total. The highest BCUT2D eigenvalue weighted by Gasteiger charge is 2.30. The number of hydrogen-bond donors (Lipinski definition) is 1. The molecule has 0 unspecified atom stereocenters. The van der Waals surface area contributed by atoms with Crippen molar-refractivity contribution >= 4 is 11.7 Å². The normalized spacial score (nSPS) is 16.2. The highest BCUT2D eigenvalue weighted by molar-refractivity contribution is 5.91. The van der Waals surface area contributed by atoms with Gasteiger partial charge in [-0.1, -0.05) is 17.7 Å². The first-order valence-corrected chi connectivity index (χ1v) is 10.9. The van der Waals surface area contributed by atoms with Gasteiger partial charge in [0.25, 0.3) is 0 Å². The van der Waals surface area contributed by atoms with Crippen molar-refractivity contribution in [1.29, 1.82) is 0 Å². The summed E-state index contributed by atoms with van der Waals surface area (Å²) >= 11 is 0. The van der Waals surface area contributed by atoms with E-state index in [2.05, 4.69) is 15.3 Å². The number of carbonyl (C=O) groups is 1. The molecule has 1 amide bonds. The monoisotopic (exact) mass is 434 g/mol. The van der Waals surface area contributed by atoms with Crippen LogP contribution < -0.4 is 14.8 Å². The molecule has 0 spiro atoms. The first-order valence-electron chi connectivity index (χ1n) is 10.9. The van der Waals surface area contributed by atoms with E-state index in [0.29, 0.717) is 12.4 Å². The molecule has 0 bridgehead atoms. The summed E-state index contributed by atoms with van der Waals surface area (Å²) in [6.45, 7) is 5.12. The number of carbonyl (C=O) groups excluding carboxylic acids is 1. The topological polar surface area (TPSA) is 68.6 Å². The quantitative estimate of drug-likeness (QED) is 0.601. The van der Waals surface area contributed by atoms with Gasteiger partial charge in [0.05, 0.1) is 32.1 Å². The van der Waals surface area contributed by atoms with Crippen LogP contribution in [0.3, 0.4) is 0 Å². The second kappa shape index (κ2) is 9.44. The Hall–Kier alpha value is -3.32. The first-order chi connectivity index (χ1) is 15.5. The summed E-state index contributed by atoms with van der Waals surface area (Å²) in [7, 11) is 3.33. The van der Waals surface area contributed by atoms with Gasteiger partial charge in [-0.15, -0.1) is 0 Å². The number of ether oxygens (including phenoxy) is 2. The Morgan fingerprint density at radius 1 is 1.09 bits per heavy atom. The number of amides is 1. The summed E-state index contributed by atoms with van der Waals surface area (Å²) in [5.41, 5.74) is 3.99. The molecule has 1 atom stereocenters. The van der Waals surface area contributed by atoms with Crippen LogP contribution in [0.25, 0.3) is 5.69 Å². The molecule has 7 heteroatoms. The number of nitrogens with one attached hydrogen (secondary N) is 1. The summed E-state index contributed by atoms with van der Waals surface area (Å²) in [6, 6.07) is 15.9. The van der Waals surface area contributed by atoms with Gasteiger partial charge in [0.1, 0.15) is 17.3 Å². The molecule has 3 aromatic rings. The van der Waals surface area contributed by atoms with Crippen LogP contribution in [0.2, 0.25) is 0 Å². The van der Waals surface area contributed by atoms with Gasteiger partial charge in [-0.2, -0.15) is 5.10 Å². The van der Waals surface area contributed by atoms with Gasteiger partial charge < -0.3 is 14.8 Å². The van der Waals surface area contributed by atoms with Crippen LogP contribution in [0, 0.1) is 13.8 Å². The zero-order valence-electron chi connectivity index (χ0n) is 19.1. The number of aromatic nitrogens is 2. The molecule has 2 aromatic carbocycles. The third kappa shape index (κ3) is 4.62. The van der Waals surface area contributed by atoms with Crippen LogP contribution in [-0.2, 0) is 4.79 Å². The van der Waals surface area contributed by atoms with E-state index in [0.717, 1.165) is 47.8 Å². The maximum Gasteiger partial charge on any atom is 0.239 e. The zero-order chi connectivity index (χ0) is 22.7. The molecular formula is C25H30N4O3. The zero-order valence-corrected chi connectivity index (χ0v) is 19.1. The second-order valence-electron chi connectivity index (χ2n) is 8.20. The van der Waals surface area contributed by atoms with Crippen molar-refractivity contribution in [3.8, 4) is 17.2 Å². The van der Waals surface area contributed by atoms with Crippen molar-refractivity contribution < 1.29 is 14.3 Å². The van der Waals surface area contributed by atoms with Crippen molar-refractivity contribution in [1.82, 2.24) is 14.7 Å². The molecule has 2 heterocycles. The lowest BCUT2D eigenvalue weighted by molar-refractivity contribution is -0.117. The predicted molar refractivity (Wildman–Crippen MR) is 125 cm³/mol.